The van der Waals surface area contributed by atoms with Crippen LogP contribution in [-0.4, -0.2) is 7.25 Å². The molecule has 12 aromatic rings. The van der Waals surface area contributed by atoms with E-state index in [1.54, 1.807) is 0 Å². The molecule has 0 saturated heterocycles. The Kier molecular flexibility index (Phi) is 53.9. The van der Waals surface area contributed by atoms with Crippen LogP contribution in [0.4, 0.5) is 17.3 Å². The molecular formula is C76H60Au4BF4O4P4Re-. The zero-order valence-corrected chi connectivity index (χ0v) is 64.7. The monoisotopic (exact) mass is 2220 g/mol. The Hall–Kier alpha value is -5.27. The molecule has 0 fully saturated rings. The minimum Gasteiger partial charge on any atom is -0.0622 e. The van der Waals surface area contributed by atoms with E-state index < -0.39 is 38.9 Å². The van der Waals surface area contributed by atoms with E-state index in [1.165, 1.54) is 63.7 Å². The first-order valence-electron chi connectivity index (χ1n) is 27.3. The third-order valence-electron chi connectivity index (χ3n) is 12.2. The summed E-state index contributed by atoms with van der Waals surface area (Å²) in [7, 11) is -7.78. The molecule has 0 aliphatic heterocycles. The first-order chi connectivity index (χ1) is 43.8. The number of hydrogen-bond donors (Lipinski definition) is 0. The average Bonchev–Trinajstić information content (AvgIpc) is 0.873. The summed E-state index contributed by atoms with van der Waals surface area (Å²) in [5, 5.41) is 16.8. The maximum atomic E-state index is 9.75. The van der Waals surface area contributed by atoms with Crippen LogP contribution in [0.1, 0.15) is 0 Å². The second kappa shape index (κ2) is 55.8. The second-order valence-corrected chi connectivity index (χ2v) is 26.7. The van der Waals surface area contributed by atoms with E-state index in [-0.39, 0.29) is 110 Å². The number of hydrogen-bond acceptors (Lipinski definition) is 0. The Morgan fingerprint density at radius 1 is 0.170 bits per heavy atom. The normalized spacial score (nSPS) is 9.28. The molecule has 0 amide bonds. The molecule has 12 rings (SSSR count). The van der Waals surface area contributed by atoms with Crippen molar-refractivity contribution >= 4 is 103 Å². The molecule has 94 heavy (non-hydrogen) atoms. The molecule has 0 saturated carbocycles. The molecule has 0 aliphatic carbocycles. The number of rotatable bonds is 12. The van der Waals surface area contributed by atoms with Crippen molar-refractivity contribution in [3.8, 4) is 0 Å². The van der Waals surface area contributed by atoms with Crippen LogP contribution in [-0.2, 0) is 129 Å². The van der Waals surface area contributed by atoms with Crippen molar-refractivity contribution in [2.45, 2.75) is 0 Å². The zero-order chi connectivity index (χ0) is 64.2. The van der Waals surface area contributed by atoms with Crippen molar-refractivity contribution in [3.63, 3.8) is 0 Å². The van der Waals surface area contributed by atoms with Crippen LogP contribution in [0.15, 0.2) is 364 Å². The van der Waals surface area contributed by atoms with Crippen LogP contribution in [0.25, 0.3) is 0 Å². The van der Waals surface area contributed by atoms with Gasteiger partial charge in [-0.1, -0.05) is 364 Å². The van der Waals surface area contributed by atoms with E-state index in [9.17, 15) is 17.3 Å². The first-order valence-corrected chi connectivity index (χ1v) is 32.7. The fraction of sp³-hybridized carbons (Fsp3) is 0. The van der Waals surface area contributed by atoms with Gasteiger partial charge in [0, 0.05) is 110 Å². The first kappa shape index (κ1) is 90.8. The molecule has 0 atom stereocenters. The van der Waals surface area contributed by atoms with Crippen molar-refractivity contribution in [1.29, 1.82) is 0 Å². The topological polar surface area (TPSA) is 79.6 Å². The second-order valence-electron chi connectivity index (χ2n) is 17.9. The molecule has 4 nitrogen and oxygen atoms in total. The van der Waals surface area contributed by atoms with Gasteiger partial charge in [-0.15, -0.1) is 0 Å². The fourth-order valence-corrected chi connectivity index (χ4v) is 17.9. The van der Waals surface area contributed by atoms with Crippen molar-refractivity contribution in [3.05, 3.63) is 391 Å². The van der Waals surface area contributed by atoms with E-state index in [0.717, 1.165) is 0 Å². The van der Waals surface area contributed by atoms with Crippen molar-refractivity contribution in [2.75, 3.05) is 0 Å². The Balaban J connectivity index is 0. The van der Waals surface area contributed by atoms with Gasteiger partial charge in [-0.05, 0) is 95.3 Å². The molecule has 0 unspecified atom stereocenters. The minimum absolute atomic E-state index is 0. The summed E-state index contributed by atoms with van der Waals surface area (Å²) in [6.07, 6.45) is 0. The van der Waals surface area contributed by atoms with E-state index in [1.807, 2.05) is 0 Å². The molecule has 18 heteroatoms. The molecular weight excluding hydrogens is 2160 g/mol. The van der Waals surface area contributed by atoms with Crippen molar-refractivity contribution in [1.82, 2.24) is 0 Å². The van der Waals surface area contributed by atoms with E-state index in [0.29, 0.717) is 0 Å². The van der Waals surface area contributed by atoms with Crippen molar-refractivity contribution < 1.29 is 146 Å². The van der Waals surface area contributed by atoms with Crippen molar-refractivity contribution in [2.24, 2.45) is 0 Å². The quantitative estimate of drug-likeness (QED) is 0.0384. The van der Waals surface area contributed by atoms with Crippen LogP contribution >= 0.6 is 31.7 Å². The molecule has 0 aromatic heterocycles. The Morgan fingerprint density at radius 3 is 0.277 bits per heavy atom. The minimum atomic E-state index is -6.00. The molecule has 0 bridgehead atoms. The van der Waals surface area contributed by atoms with Gasteiger partial charge in [-0.3, -0.25) is 0 Å². The largest absolute Gasteiger partial charge is 0.0622 e. The van der Waals surface area contributed by atoms with Gasteiger partial charge in [0.2, 0.25) is 0 Å². The Labute approximate surface area is 632 Å². The summed E-state index contributed by atoms with van der Waals surface area (Å²) in [5.41, 5.74) is 0. The van der Waals surface area contributed by atoms with Gasteiger partial charge < -0.3 is 17.3 Å². The van der Waals surface area contributed by atoms with Gasteiger partial charge in [0.25, 0.3) is 0 Å². The third kappa shape index (κ3) is 33.1. The van der Waals surface area contributed by atoms with Gasteiger partial charge in [0.1, 0.15) is 0 Å². The fourth-order valence-electron chi connectivity index (χ4n) is 8.71. The third-order valence-corrected chi connectivity index (χ3v) is 21.9. The van der Waals surface area contributed by atoms with Gasteiger partial charge in [0.05, 0.1) is 0 Å². The SMILES string of the molecule is F[B-](F)(F)F.[Au].[Au].[Au].[Au].[C-]#[O+].[C-]#[O+].[C-]#[O+].[C-]#[O+].[Re].c1ccc(P(c2ccccc2)c2ccccc2)cc1.c1ccc(P(c2ccccc2)c2ccccc2)cc1.c1ccc(P(c2ccccc2)c2ccccc2)cc1.c1ccc(P(c2ccccc2)c2ccccc2)cc1. The molecule has 12 aromatic carbocycles. The van der Waals surface area contributed by atoms with E-state index in [4.69, 9.17) is 18.6 Å². The summed E-state index contributed by atoms with van der Waals surface area (Å²) >= 11 is 0. The van der Waals surface area contributed by atoms with Gasteiger partial charge in [0.15, 0.2) is 0 Å². The van der Waals surface area contributed by atoms with Gasteiger partial charge in [-0.2, -0.15) is 0 Å². The van der Waals surface area contributed by atoms with Crippen LogP contribution < -0.4 is 63.7 Å². The molecule has 0 spiro atoms. The molecule has 0 heterocycles. The Morgan fingerprint density at radius 2 is 0.223 bits per heavy atom. The summed E-state index contributed by atoms with van der Waals surface area (Å²) in [6.45, 7) is 18.0. The van der Waals surface area contributed by atoms with Crippen LogP contribution in [0.5, 0.6) is 0 Å². The predicted octanol–water partition coefficient (Wildman–Crippen LogP) is 14.9. The zero-order valence-electron chi connectivity index (χ0n) is 49.7. The Bertz CT molecular complexity index is 2930. The van der Waals surface area contributed by atoms with Crippen LogP contribution in [0.2, 0.25) is 0 Å². The molecule has 5 radical (unpaired) electrons. The predicted molar refractivity (Wildman–Crippen MR) is 366 cm³/mol. The summed E-state index contributed by atoms with van der Waals surface area (Å²) < 4.78 is 69.0. The summed E-state index contributed by atoms with van der Waals surface area (Å²) in [4.78, 5) is 0. The number of benzene rings is 12. The van der Waals surface area contributed by atoms with E-state index >= 15 is 0 Å². The molecule has 0 N–H and O–H groups in total. The number of halogens is 4. The van der Waals surface area contributed by atoms with Crippen LogP contribution in [0.3, 0.4) is 0 Å². The van der Waals surface area contributed by atoms with Gasteiger partial charge >= 0.3 is 52.5 Å². The maximum Gasteiger partial charge on any atom is 0 e. The maximum absolute atomic E-state index is 9.75. The van der Waals surface area contributed by atoms with Crippen LogP contribution in [0, 0.1) is 26.6 Å². The van der Waals surface area contributed by atoms with E-state index in [2.05, 4.69) is 391 Å². The summed E-state index contributed by atoms with van der Waals surface area (Å²) in [6, 6.07) is 129. The molecule has 0 aliphatic rings. The summed E-state index contributed by atoms with van der Waals surface area (Å²) in [5.74, 6) is 0. The average molecular weight is 2220 g/mol. The van der Waals surface area contributed by atoms with Gasteiger partial charge in [-0.25, -0.2) is 0 Å². The molecule has 491 valence electrons. The smallest absolute Gasteiger partial charge is 0 e. The standard InChI is InChI=1S/4C18H15P.4CO.4Au.BF4.Re/c4*1-4-10-16(11-5-1)19(17-12-6-2-7-13-17)18-14-8-3-9-15-18;4*1-2;;;;;2-1(3,4)5;/h4*1-15H;;;;;;;;;;/q;;;;;;;;;;;;-1;.